The lowest BCUT2D eigenvalue weighted by molar-refractivity contribution is -0.103. The highest BCUT2D eigenvalue weighted by atomic mass is 28.3. The highest BCUT2D eigenvalue weighted by molar-refractivity contribution is 6.48. The third kappa shape index (κ3) is 4.89. The summed E-state index contributed by atoms with van der Waals surface area (Å²) in [5.41, 5.74) is -0.685. The molecule has 24 heavy (non-hydrogen) atoms. The van der Waals surface area contributed by atoms with Crippen LogP contribution in [-0.2, 0) is 13.9 Å². The molecular formula is C16H28N2O5Si. The average molecular weight is 356 g/mol. The molecule has 0 bridgehead atoms. The molecule has 0 spiro atoms. The summed E-state index contributed by atoms with van der Waals surface area (Å²) in [6.45, 7) is 12.3. The van der Waals surface area contributed by atoms with Crippen LogP contribution >= 0.6 is 0 Å². The van der Waals surface area contributed by atoms with E-state index in [-0.39, 0.29) is 23.4 Å². The molecule has 0 aromatic carbocycles. The van der Waals surface area contributed by atoms with Crippen molar-refractivity contribution in [1.82, 2.24) is 9.55 Å². The summed E-state index contributed by atoms with van der Waals surface area (Å²) in [4.78, 5) is 26.0. The first kappa shape index (κ1) is 19.1. The fourth-order valence-corrected chi connectivity index (χ4v) is 3.26. The molecule has 1 aromatic heterocycles. The quantitative estimate of drug-likeness (QED) is 0.805. The van der Waals surface area contributed by atoms with Crippen LogP contribution in [0.1, 0.15) is 39.0 Å². The number of aromatic nitrogens is 2. The fraction of sp³-hybridized carbons (Fsp3) is 0.750. The first-order chi connectivity index (χ1) is 11.1. The van der Waals surface area contributed by atoms with Gasteiger partial charge in [-0.3, -0.25) is 14.3 Å². The normalized spacial score (nSPS) is 24.7. The van der Waals surface area contributed by atoms with Crippen molar-refractivity contribution in [3.63, 3.8) is 0 Å². The number of nitrogens with zero attached hydrogens (tertiary/aromatic N) is 1. The second-order valence-corrected chi connectivity index (χ2v) is 9.93. The topological polar surface area (TPSA) is 82.6 Å². The van der Waals surface area contributed by atoms with Gasteiger partial charge >= 0.3 is 5.69 Å². The Kier molecular flexibility index (Phi) is 5.85. The van der Waals surface area contributed by atoms with Gasteiger partial charge in [-0.1, -0.05) is 0 Å². The second kappa shape index (κ2) is 7.34. The van der Waals surface area contributed by atoms with E-state index in [0.717, 1.165) is 0 Å². The third-order valence-electron chi connectivity index (χ3n) is 3.74. The maximum absolute atomic E-state index is 12.1. The standard InChI is InChI=1S/C16H28N2O5Si/c1-10-8-18(15(20)17-14(10)19)13-7-11(23-16(2,3)4)12(22-13)9-21-24(5)6/h8,11-13,24H,7,9H2,1-6H3,(H,17,19,20)/t11-,12+,13+/m0/s1. The number of aryl methyl sites for hydroxylation is 1. The van der Waals surface area contributed by atoms with E-state index in [1.165, 1.54) is 4.57 Å². The molecule has 1 N–H and O–H groups in total. The molecule has 1 aliphatic heterocycles. The minimum atomic E-state index is -1.18. The number of nitrogens with one attached hydrogen (secondary N) is 1. The lowest BCUT2D eigenvalue weighted by atomic mass is 10.1. The van der Waals surface area contributed by atoms with E-state index in [1.807, 2.05) is 20.8 Å². The van der Waals surface area contributed by atoms with Crippen molar-refractivity contribution in [2.75, 3.05) is 6.61 Å². The van der Waals surface area contributed by atoms with Gasteiger partial charge in [-0.25, -0.2) is 4.79 Å². The average Bonchev–Trinajstić information content (AvgIpc) is 2.81. The number of ether oxygens (including phenoxy) is 2. The zero-order valence-corrected chi connectivity index (χ0v) is 16.4. The van der Waals surface area contributed by atoms with Gasteiger partial charge in [0.15, 0.2) is 9.04 Å². The van der Waals surface area contributed by atoms with Crippen molar-refractivity contribution in [3.05, 3.63) is 32.6 Å². The molecule has 1 aromatic rings. The third-order valence-corrected chi connectivity index (χ3v) is 4.59. The van der Waals surface area contributed by atoms with Crippen LogP contribution in [-0.4, -0.2) is 43.0 Å². The molecule has 3 atom stereocenters. The second-order valence-electron chi connectivity index (χ2n) is 7.49. The summed E-state index contributed by atoms with van der Waals surface area (Å²) in [6.07, 6.45) is 1.21. The molecule has 2 rings (SSSR count). The predicted molar refractivity (Wildman–Crippen MR) is 94.0 cm³/mol. The molecule has 2 heterocycles. The molecule has 7 nitrogen and oxygen atoms in total. The number of H-pyrrole nitrogens is 1. The first-order valence-corrected chi connectivity index (χ1v) is 11.1. The lowest BCUT2D eigenvalue weighted by Crippen LogP contribution is -2.36. The highest BCUT2D eigenvalue weighted by Crippen LogP contribution is 2.32. The van der Waals surface area contributed by atoms with E-state index in [2.05, 4.69) is 18.1 Å². The molecule has 8 heteroatoms. The Labute approximate surface area is 143 Å². The van der Waals surface area contributed by atoms with E-state index in [9.17, 15) is 9.59 Å². The monoisotopic (exact) mass is 356 g/mol. The molecule has 136 valence electrons. The van der Waals surface area contributed by atoms with E-state index < -0.39 is 21.0 Å². The summed E-state index contributed by atoms with van der Waals surface area (Å²) in [7, 11) is -1.18. The van der Waals surface area contributed by atoms with Gasteiger partial charge in [0.05, 0.1) is 18.3 Å². The fourth-order valence-electron chi connectivity index (χ4n) is 2.69. The van der Waals surface area contributed by atoms with Crippen molar-refractivity contribution >= 4 is 9.04 Å². The van der Waals surface area contributed by atoms with Gasteiger partial charge in [-0.15, -0.1) is 0 Å². The van der Waals surface area contributed by atoms with Gasteiger partial charge in [0.25, 0.3) is 5.56 Å². The molecule has 0 radical (unpaired) electrons. The molecular weight excluding hydrogens is 328 g/mol. The van der Waals surface area contributed by atoms with Gasteiger partial charge in [0.2, 0.25) is 0 Å². The summed E-state index contributed by atoms with van der Waals surface area (Å²) >= 11 is 0. The van der Waals surface area contributed by atoms with Crippen molar-refractivity contribution in [3.8, 4) is 0 Å². The molecule has 0 saturated carbocycles. The van der Waals surface area contributed by atoms with E-state index in [0.29, 0.717) is 18.6 Å². The summed E-state index contributed by atoms with van der Waals surface area (Å²) in [5.74, 6) is 0. The Morgan fingerprint density at radius 2 is 2.04 bits per heavy atom. The van der Waals surface area contributed by atoms with Gasteiger partial charge in [0, 0.05) is 18.2 Å². The van der Waals surface area contributed by atoms with Crippen LogP contribution in [0.2, 0.25) is 13.1 Å². The smallest absolute Gasteiger partial charge is 0.330 e. The van der Waals surface area contributed by atoms with Crippen LogP contribution in [0.15, 0.2) is 15.8 Å². The van der Waals surface area contributed by atoms with Crippen molar-refractivity contribution in [1.29, 1.82) is 0 Å². The molecule has 0 amide bonds. The van der Waals surface area contributed by atoms with Gasteiger partial charge < -0.3 is 13.9 Å². The highest BCUT2D eigenvalue weighted by Gasteiger charge is 2.39. The Hall–Kier alpha value is -1.22. The van der Waals surface area contributed by atoms with Crippen LogP contribution in [0.5, 0.6) is 0 Å². The van der Waals surface area contributed by atoms with Gasteiger partial charge in [-0.05, 0) is 40.8 Å². The largest absolute Gasteiger partial charge is 0.418 e. The Morgan fingerprint density at radius 3 is 2.62 bits per heavy atom. The zero-order valence-electron chi connectivity index (χ0n) is 15.3. The predicted octanol–water partition coefficient (Wildman–Crippen LogP) is 1.32. The van der Waals surface area contributed by atoms with Crippen LogP contribution in [0.4, 0.5) is 0 Å². The summed E-state index contributed by atoms with van der Waals surface area (Å²) < 4.78 is 19.4. The van der Waals surface area contributed by atoms with E-state index in [1.54, 1.807) is 13.1 Å². The summed E-state index contributed by atoms with van der Waals surface area (Å²) in [6, 6.07) is 0. The van der Waals surface area contributed by atoms with E-state index in [4.69, 9.17) is 13.9 Å². The Balaban J connectivity index is 2.23. The lowest BCUT2D eigenvalue weighted by Gasteiger charge is -2.28. The minimum Gasteiger partial charge on any atom is -0.418 e. The SMILES string of the molecule is Cc1cn([C@H]2C[C@H](OC(C)(C)C)[C@@H](CO[SiH](C)C)O2)c(=O)[nH]c1=O. The molecule has 1 aliphatic rings. The van der Waals surface area contributed by atoms with Crippen molar-refractivity contribution in [2.45, 2.75) is 71.2 Å². The first-order valence-electron chi connectivity index (χ1n) is 8.34. The number of hydrogen-bond acceptors (Lipinski definition) is 5. The Bertz CT molecular complexity index is 676. The van der Waals surface area contributed by atoms with Crippen molar-refractivity contribution < 1.29 is 13.9 Å². The zero-order chi connectivity index (χ0) is 18.1. The minimum absolute atomic E-state index is 0.165. The van der Waals surface area contributed by atoms with Crippen LogP contribution in [0.25, 0.3) is 0 Å². The molecule has 0 unspecified atom stereocenters. The number of rotatable bonds is 5. The molecule has 1 fully saturated rings. The number of hydrogen-bond donors (Lipinski definition) is 1. The van der Waals surface area contributed by atoms with Crippen LogP contribution in [0, 0.1) is 6.92 Å². The van der Waals surface area contributed by atoms with Crippen LogP contribution in [0.3, 0.4) is 0 Å². The molecule has 1 saturated heterocycles. The molecule has 0 aliphatic carbocycles. The maximum Gasteiger partial charge on any atom is 0.330 e. The summed E-state index contributed by atoms with van der Waals surface area (Å²) in [5, 5.41) is 0. The number of aromatic amines is 1. The van der Waals surface area contributed by atoms with Gasteiger partial charge in [0.1, 0.15) is 12.3 Å². The van der Waals surface area contributed by atoms with E-state index >= 15 is 0 Å². The van der Waals surface area contributed by atoms with Gasteiger partial charge in [-0.2, -0.15) is 0 Å². The maximum atomic E-state index is 12.1. The van der Waals surface area contributed by atoms with Crippen molar-refractivity contribution in [2.24, 2.45) is 0 Å². The Morgan fingerprint density at radius 1 is 1.38 bits per heavy atom. The van der Waals surface area contributed by atoms with Crippen LogP contribution < -0.4 is 11.2 Å².